The zero-order valence-corrected chi connectivity index (χ0v) is 15.7. The smallest absolute Gasteiger partial charge is 0.481 e. The number of allylic oxidation sites excluding steroid dienone is 2. The van der Waals surface area contributed by atoms with Crippen molar-refractivity contribution < 1.29 is 32.6 Å². The van der Waals surface area contributed by atoms with E-state index in [0.29, 0.717) is 30.2 Å². The van der Waals surface area contributed by atoms with Crippen LogP contribution in [0.2, 0.25) is 0 Å². The number of carboxylic acids is 1. The van der Waals surface area contributed by atoms with Gasteiger partial charge in [-0.25, -0.2) is 0 Å². The number of carbonyl (C=O) groups is 2. The first-order valence-electron chi connectivity index (χ1n) is 9.18. The molecular weight excluding hydrogens is 389 g/mol. The van der Waals surface area contributed by atoms with Crippen LogP contribution in [-0.4, -0.2) is 34.9 Å². The molecule has 0 radical (unpaired) electrons. The number of aromatic nitrogens is 1. The van der Waals surface area contributed by atoms with Gasteiger partial charge < -0.3 is 20.1 Å². The number of aliphatic carboxylic acids is 1. The van der Waals surface area contributed by atoms with Gasteiger partial charge in [0, 0.05) is 23.1 Å². The SMILES string of the molecule is Cc1[nH]c2ccc(OC(F)(F)F)cc2c1CCNC(=O)[C@H]1CC=CC[C@H]1C(=O)O. The third kappa shape index (κ3) is 4.90. The van der Waals surface area contributed by atoms with Gasteiger partial charge in [-0.15, -0.1) is 13.2 Å². The molecule has 9 heteroatoms. The van der Waals surface area contributed by atoms with Crippen LogP contribution >= 0.6 is 0 Å². The second kappa shape index (κ2) is 8.18. The van der Waals surface area contributed by atoms with E-state index in [2.05, 4.69) is 15.0 Å². The highest BCUT2D eigenvalue weighted by Gasteiger charge is 2.34. The van der Waals surface area contributed by atoms with Gasteiger partial charge in [0.15, 0.2) is 0 Å². The van der Waals surface area contributed by atoms with Crippen LogP contribution in [0.4, 0.5) is 13.2 Å². The van der Waals surface area contributed by atoms with Crippen LogP contribution < -0.4 is 10.1 Å². The summed E-state index contributed by atoms with van der Waals surface area (Å²) in [6, 6.07) is 4.06. The maximum Gasteiger partial charge on any atom is 0.573 e. The number of aryl methyl sites for hydroxylation is 1. The highest BCUT2D eigenvalue weighted by Crippen LogP contribution is 2.30. The molecule has 0 unspecified atom stereocenters. The van der Waals surface area contributed by atoms with Crippen LogP contribution in [0.25, 0.3) is 10.9 Å². The van der Waals surface area contributed by atoms with Crippen molar-refractivity contribution in [3.8, 4) is 5.75 Å². The van der Waals surface area contributed by atoms with Crippen molar-refractivity contribution in [3.63, 3.8) is 0 Å². The van der Waals surface area contributed by atoms with E-state index in [1.165, 1.54) is 18.2 Å². The molecule has 3 rings (SSSR count). The first kappa shape index (κ1) is 20.8. The third-order valence-electron chi connectivity index (χ3n) is 5.09. The lowest BCUT2D eigenvalue weighted by Gasteiger charge is -2.24. The largest absolute Gasteiger partial charge is 0.573 e. The summed E-state index contributed by atoms with van der Waals surface area (Å²) in [5.74, 6) is -3.03. The fourth-order valence-electron chi connectivity index (χ4n) is 3.70. The third-order valence-corrected chi connectivity index (χ3v) is 5.09. The molecule has 1 aromatic heterocycles. The van der Waals surface area contributed by atoms with Gasteiger partial charge in [-0.1, -0.05) is 12.2 Å². The Bertz CT molecular complexity index is 949. The summed E-state index contributed by atoms with van der Waals surface area (Å²) in [7, 11) is 0. The molecule has 2 atom stereocenters. The summed E-state index contributed by atoms with van der Waals surface area (Å²) < 4.78 is 41.4. The molecule has 1 aromatic carbocycles. The number of rotatable bonds is 6. The first-order valence-corrected chi connectivity index (χ1v) is 9.18. The van der Waals surface area contributed by atoms with E-state index in [1.807, 2.05) is 0 Å². The number of aromatic amines is 1. The molecule has 0 spiro atoms. The van der Waals surface area contributed by atoms with Gasteiger partial charge >= 0.3 is 12.3 Å². The molecule has 0 saturated carbocycles. The maximum absolute atomic E-state index is 12.5. The zero-order chi connectivity index (χ0) is 21.2. The number of hydrogen-bond acceptors (Lipinski definition) is 3. The Balaban J connectivity index is 1.69. The molecule has 1 aliphatic rings. The monoisotopic (exact) mass is 410 g/mol. The summed E-state index contributed by atoms with van der Waals surface area (Å²) in [5, 5.41) is 12.6. The minimum Gasteiger partial charge on any atom is -0.481 e. The van der Waals surface area contributed by atoms with E-state index in [1.54, 1.807) is 19.1 Å². The molecule has 0 aliphatic heterocycles. The molecular formula is C20H21F3N2O4. The predicted molar refractivity (Wildman–Crippen MR) is 99.4 cm³/mol. The molecule has 1 heterocycles. The van der Waals surface area contributed by atoms with Crippen LogP contribution in [0.15, 0.2) is 30.4 Å². The summed E-state index contributed by atoms with van der Waals surface area (Å²) in [6.07, 6.45) is -0.145. The number of amides is 1. The summed E-state index contributed by atoms with van der Waals surface area (Å²) in [4.78, 5) is 26.9. The van der Waals surface area contributed by atoms with Gasteiger partial charge in [-0.2, -0.15) is 0 Å². The Morgan fingerprint density at radius 1 is 1.24 bits per heavy atom. The number of H-pyrrole nitrogens is 1. The van der Waals surface area contributed by atoms with Crippen molar-refractivity contribution in [3.05, 3.63) is 41.6 Å². The van der Waals surface area contributed by atoms with Crippen LogP contribution in [0, 0.1) is 18.8 Å². The Kier molecular flexibility index (Phi) is 5.86. The molecule has 3 N–H and O–H groups in total. The van der Waals surface area contributed by atoms with Crippen molar-refractivity contribution in [2.75, 3.05) is 6.54 Å². The van der Waals surface area contributed by atoms with E-state index >= 15 is 0 Å². The van der Waals surface area contributed by atoms with Crippen molar-refractivity contribution in [1.82, 2.24) is 10.3 Å². The Morgan fingerprint density at radius 3 is 2.59 bits per heavy atom. The molecule has 1 aliphatic carbocycles. The topological polar surface area (TPSA) is 91.4 Å². The zero-order valence-electron chi connectivity index (χ0n) is 15.7. The van der Waals surface area contributed by atoms with E-state index in [-0.39, 0.29) is 18.2 Å². The van der Waals surface area contributed by atoms with Crippen LogP contribution in [0.3, 0.4) is 0 Å². The lowest BCUT2D eigenvalue weighted by molar-refractivity contribution is -0.274. The number of halogens is 3. The van der Waals surface area contributed by atoms with Crippen LogP contribution in [0.1, 0.15) is 24.1 Å². The minimum atomic E-state index is -4.78. The fraction of sp³-hybridized carbons (Fsp3) is 0.400. The normalized spacial score (nSPS) is 19.3. The summed E-state index contributed by atoms with van der Waals surface area (Å²) in [6.45, 7) is 2.04. The number of ether oxygens (including phenoxy) is 1. The Hall–Kier alpha value is -2.97. The molecule has 2 aromatic rings. The lowest BCUT2D eigenvalue weighted by atomic mass is 9.82. The first-order chi connectivity index (χ1) is 13.7. The molecule has 1 amide bonds. The van der Waals surface area contributed by atoms with E-state index < -0.39 is 24.2 Å². The number of carboxylic acid groups (broad SMARTS) is 1. The number of benzene rings is 1. The highest BCUT2D eigenvalue weighted by molar-refractivity contribution is 5.87. The average Bonchev–Trinajstić information content (AvgIpc) is 2.95. The predicted octanol–water partition coefficient (Wildman–Crippen LogP) is 3.70. The fourth-order valence-corrected chi connectivity index (χ4v) is 3.70. The Morgan fingerprint density at radius 2 is 1.93 bits per heavy atom. The van der Waals surface area contributed by atoms with Gasteiger partial charge in [-0.3, -0.25) is 9.59 Å². The van der Waals surface area contributed by atoms with Crippen molar-refractivity contribution in [2.24, 2.45) is 11.8 Å². The second-order valence-corrected chi connectivity index (χ2v) is 7.02. The summed E-state index contributed by atoms with van der Waals surface area (Å²) >= 11 is 0. The van der Waals surface area contributed by atoms with Gasteiger partial charge in [0.25, 0.3) is 0 Å². The van der Waals surface area contributed by atoms with E-state index in [0.717, 1.165) is 11.3 Å². The van der Waals surface area contributed by atoms with Gasteiger partial charge in [-0.05, 0) is 49.9 Å². The van der Waals surface area contributed by atoms with Crippen molar-refractivity contribution in [1.29, 1.82) is 0 Å². The standard InChI is InChI=1S/C20H21F3N2O4/c1-11-13(16-10-12(29-20(21,22)23)6-7-17(16)25-11)8-9-24-18(26)14-4-2-3-5-15(14)19(27)28/h2-3,6-7,10,14-15,25H,4-5,8-9H2,1H3,(H,24,26)(H,27,28)/t14-,15+/m0/s1. The van der Waals surface area contributed by atoms with Crippen LogP contribution in [-0.2, 0) is 16.0 Å². The molecule has 0 bridgehead atoms. The molecule has 156 valence electrons. The quantitative estimate of drug-likeness (QED) is 0.634. The number of carbonyl (C=O) groups excluding carboxylic acids is 1. The van der Waals surface area contributed by atoms with E-state index in [4.69, 9.17) is 0 Å². The molecule has 0 fully saturated rings. The number of alkyl halides is 3. The molecule has 29 heavy (non-hydrogen) atoms. The summed E-state index contributed by atoms with van der Waals surface area (Å²) in [5.41, 5.74) is 2.22. The van der Waals surface area contributed by atoms with Gasteiger partial charge in [0.05, 0.1) is 11.8 Å². The van der Waals surface area contributed by atoms with Gasteiger partial charge in [0.2, 0.25) is 5.91 Å². The van der Waals surface area contributed by atoms with Gasteiger partial charge in [0.1, 0.15) is 5.75 Å². The maximum atomic E-state index is 12.5. The van der Waals surface area contributed by atoms with Crippen molar-refractivity contribution in [2.45, 2.75) is 32.5 Å². The number of fused-ring (bicyclic) bond motifs is 1. The number of hydrogen-bond donors (Lipinski definition) is 3. The number of nitrogens with one attached hydrogen (secondary N) is 2. The molecule has 0 saturated heterocycles. The second-order valence-electron chi connectivity index (χ2n) is 7.02. The average molecular weight is 410 g/mol. The minimum absolute atomic E-state index is 0.240. The van der Waals surface area contributed by atoms with Crippen molar-refractivity contribution >= 4 is 22.8 Å². The van der Waals surface area contributed by atoms with Crippen LogP contribution in [0.5, 0.6) is 5.75 Å². The molecule has 6 nitrogen and oxygen atoms in total. The lowest BCUT2D eigenvalue weighted by Crippen LogP contribution is -2.39. The highest BCUT2D eigenvalue weighted by atomic mass is 19.4. The van der Waals surface area contributed by atoms with E-state index in [9.17, 15) is 27.9 Å². The Labute approximate surface area is 164 Å².